The summed E-state index contributed by atoms with van der Waals surface area (Å²) in [7, 11) is 4.76. The highest BCUT2D eigenvalue weighted by Crippen LogP contribution is 2.46. The van der Waals surface area contributed by atoms with Gasteiger partial charge in [-0.05, 0) is 64.9 Å². The Morgan fingerprint density at radius 3 is 2.14 bits per heavy atom. The number of carbonyl (C=O) groups is 1. The molecule has 0 saturated heterocycles. The molecule has 0 radical (unpaired) electrons. The summed E-state index contributed by atoms with van der Waals surface area (Å²) >= 11 is 1.38. The average molecular weight is 513 g/mol. The third kappa shape index (κ3) is 4.79. The highest BCUT2D eigenvalue weighted by molar-refractivity contribution is 7.20. The van der Waals surface area contributed by atoms with Gasteiger partial charge in [-0.25, -0.2) is 0 Å². The summed E-state index contributed by atoms with van der Waals surface area (Å²) in [5, 5.41) is 14.8. The Balaban J connectivity index is 1.68. The number of carbonyl (C=O) groups excluding carboxylic acids is 1. The lowest BCUT2D eigenvalue weighted by atomic mass is 10.1. The number of pyridine rings is 1. The van der Waals surface area contributed by atoms with E-state index in [-0.39, 0.29) is 5.57 Å². The summed E-state index contributed by atoms with van der Waals surface area (Å²) in [5.74, 6) is 1.66. The average Bonchev–Trinajstić information content (AvgIpc) is 3.26. The highest BCUT2D eigenvalue weighted by atomic mass is 32.1. The lowest BCUT2D eigenvalue weighted by molar-refractivity contribution is -0.295. The first kappa shape index (κ1) is 24.1. The molecule has 0 amide bonds. The predicted molar refractivity (Wildman–Crippen MR) is 143 cm³/mol. The first-order chi connectivity index (χ1) is 18.0. The number of fused-ring (bicyclic) bond motifs is 2. The molecular weight excluding hydrogens is 490 g/mol. The van der Waals surface area contributed by atoms with Crippen LogP contribution >= 0.6 is 11.3 Å². The van der Waals surface area contributed by atoms with Crippen LogP contribution in [0.5, 0.6) is 28.7 Å². The number of rotatable bonds is 8. The second-order valence-electron chi connectivity index (χ2n) is 8.06. The van der Waals surface area contributed by atoms with Crippen molar-refractivity contribution in [1.82, 2.24) is 4.98 Å². The second kappa shape index (κ2) is 10.2. The third-order valence-corrected chi connectivity index (χ3v) is 6.98. The summed E-state index contributed by atoms with van der Waals surface area (Å²) in [6.07, 6.45) is 4.64. The van der Waals surface area contributed by atoms with E-state index in [9.17, 15) is 9.90 Å². The van der Waals surface area contributed by atoms with Gasteiger partial charge in [0.25, 0.3) is 0 Å². The summed E-state index contributed by atoms with van der Waals surface area (Å²) in [4.78, 5) is 16.7. The fourth-order valence-electron chi connectivity index (χ4n) is 4.05. The van der Waals surface area contributed by atoms with E-state index in [2.05, 4.69) is 4.98 Å². The van der Waals surface area contributed by atoms with Gasteiger partial charge in [0.15, 0.2) is 17.2 Å². The van der Waals surface area contributed by atoms with Crippen molar-refractivity contribution in [3.05, 3.63) is 83.5 Å². The number of carboxylic acid groups (broad SMARTS) is 1. The Kier molecular flexibility index (Phi) is 6.66. The van der Waals surface area contributed by atoms with Crippen molar-refractivity contribution in [1.29, 1.82) is 0 Å². The van der Waals surface area contributed by atoms with Crippen LogP contribution in [0.1, 0.15) is 10.4 Å². The largest absolute Gasteiger partial charge is 0.545 e. The van der Waals surface area contributed by atoms with Crippen molar-refractivity contribution < 1.29 is 28.8 Å². The van der Waals surface area contributed by atoms with Gasteiger partial charge in [-0.15, -0.1) is 11.3 Å². The number of ether oxygens (including phenoxy) is 4. The smallest absolute Gasteiger partial charge is 0.162 e. The van der Waals surface area contributed by atoms with E-state index in [4.69, 9.17) is 18.9 Å². The molecule has 3 aromatic carbocycles. The Hall–Kier alpha value is -4.56. The van der Waals surface area contributed by atoms with E-state index < -0.39 is 5.97 Å². The number of aliphatic carboxylic acids is 1. The molecule has 0 aliphatic carbocycles. The predicted octanol–water partition coefficient (Wildman–Crippen LogP) is 5.56. The van der Waals surface area contributed by atoms with Gasteiger partial charge >= 0.3 is 0 Å². The zero-order valence-electron chi connectivity index (χ0n) is 20.3. The molecule has 0 unspecified atom stereocenters. The van der Waals surface area contributed by atoms with Crippen LogP contribution in [0.2, 0.25) is 0 Å². The maximum absolute atomic E-state index is 12.1. The van der Waals surface area contributed by atoms with Crippen molar-refractivity contribution in [3.63, 3.8) is 0 Å². The zero-order valence-corrected chi connectivity index (χ0v) is 21.1. The molecule has 7 nitrogen and oxygen atoms in total. The van der Waals surface area contributed by atoms with Crippen LogP contribution in [0.3, 0.4) is 0 Å². The molecule has 186 valence electrons. The molecule has 0 bridgehead atoms. The van der Waals surface area contributed by atoms with Gasteiger partial charge in [0.2, 0.25) is 0 Å². The van der Waals surface area contributed by atoms with Crippen molar-refractivity contribution in [2.75, 3.05) is 21.3 Å². The molecule has 0 aliphatic heterocycles. The molecule has 8 heteroatoms. The van der Waals surface area contributed by atoms with Crippen LogP contribution in [0, 0.1) is 0 Å². The van der Waals surface area contributed by atoms with Crippen LogP contribution in [-0.4, -0.2) is 32.3 Å². The zero-order chi connectivity index (χ0) is 25.9. The van der Waals surface area contributed by atoms with Gasteiger partial charge in [0.05, 0.1) is 32.2 Å². The normalized spacial score (nSPS) is 11.5. The van der Waals surface area contributed by atoms with E-state index in [1.165, 1.54) is 23.7 Å². The number of thiophene rings is 1. The summed E-state index contributed by atoms with van der Waals surface area (Å²) in [5.41, 5.74) is 0.497. The minimum Gasteiger partial charge on any atom is -0.545 e. The van der Waals surface area contributed by atoms with Crippen LogP contribution in [0.4, 0.5) is 0 Å². The summed E-state index contributed by atoms with van der Waals surface area (Å²) in [6, 6.07) is 18.5. The molecule has 5 aromatic rings. The molecule has 0 aliphatic rings. The maximum atomic E-state index is 12.1. The summed E-state index contributed by atoms with van der Waals surface area (Å²) < 4.78 is 23.6. The van der Waals surface area contributed by atoms with Crippen molar-refractivity contribution >= 4 is 49.8 Å². The van der Waals surface area contributed by atoms with Crippen molar-refractivity contribution in [3.8, 4) is 28.7 Å². The lowest BCUT2D eigenvalue weighted by Crippen LogP contribution is -2.23. The number of carboxylic acids is 1. The van der Waals surface area contributed by atoms with Gasteiger partial charge in [0.1, 0.15) is 11.5 Å². The summed E-state index contributed by atoms with van der Waals surface area (Å²) in [6.45, 7) is 0. The lowest BCUT2D eigenvalue weighted by Gasteiger charge is -2.12. The Morgan fingerprint density at radius 2 is 1.49 bits per heavy atom. The minimum atomic E-state index is -1.30. The van der Waals surface area contributed by atoms with E-state index in [1.807, 2.05) is 48.5 Å². The van der Waals surface area contributed by atoms with Gasteiger partial charge in [-0.1, -0.05) is 12.1 Å². The van der Waals surface area contributed by atoms with Crippen LogP contribution < -0.4 is 24.1 Å². The standard InChI is InChI=1S/C29H23NO6S/c1-33-20-6-4-19-13-21(7-5-18(19)12-20)36-28-23-14-24(34-2)25(35-3)16-26(23)37-27(28)15-22(29(31)32)17-8-10-30-11-9-17/h4-16H,1-3H3,(H,31,32)/p-1/b22-15+. The first-order valence-corrected chi connectivity index (χ1v) is 12.1. The van der Waals surface area contributed by atoms with E-state index >= 15 is 0 Å². The topological polar surface area (TPSA) is 89.9 Å². The van der Waals surface area contributed by atoms with E-state index in [0.717, 1.165) is 26.6 Å². The number of aromatic nitrogens is 1. The third-order valence-electron chi connectivity index (χ3n) is 5.90. The molecular formula is C29H22NO6S-. The van der Waals surface area contributed by atoms with Gasteiger partial charge in [-0.2, -0.15) is 0 Å². The molecule has 0 atom stereocenters. The molecule has 0 spiro atoms. The van der Waals surface area contributed by atoms with Crippen molar-refractivity contribution in [2.24, 2.45) is 0 Å². The fourth-order valence-corrected chi connectivity index (χ4v) is 5.14. The maximum Gasteiger partial charge on any atom is 0.162 e. The number of methoxy groups -OCH3 is 3. The minimum absolute atomic E-state index is 0.0170. The fraction of sp³-hybridized carbons (Fsp3) is 0.103. The number of hydrogen-bond acceptors (Lipinski definition) is 8. The van der Waals surface area contributed by atoms with Crippen molar-refractivity contribution in [2.45, 2.75) is 0 Å². The second-order valence-corrected chi connectivity index (χ2v) is 9.14. The van der Waals surface area contributed by atoms with E-state index in [1.54, 1.807) is 39.5 Å². The van der Waals surface area contributed by atoms with Gasteiger partial charge in [0, 0.05) is 34.1 Å². The molecule has 2 aromatic heterocycles. The number of benzene rings is 3. The van der Waals surface area contributed by atoms with E-state index in [0.29, 0.717) is 33.4 Å². The molecule has 0 fully saturated rings. The molecule has 2 heterocycles. The Morgan fingerprint density at radius 1 is 0.838 bits per heavy atom. The Labute approximate surface area is 217 Å². The van der Waals surface area contributed by atoms with Crippen LogP contribution in [-0.2, 0) is 4.79 Å². The molecule has 0 N–H and O–H groups in total. The SMILES string of the molecule is COc1ccc2cc(Oc3c(/C=C(/C(=O)[O-])c4ccncc4)sc4cc(OC)c(OC)cc34)ccc2c1. The van der Waals surface area contributed by atoms with Crippen LogP contribution in [0.25, 0.3) is 32.5 Å². The molecule has 5 rings (SSSR count). The monoisotopic (exact) mass is 512 g/mol. The van der Waals surface area contributed by atoms with Gasteiger partial charge in [-0.3, -0.25) is 4.98 Å². The Bertz CT molecular complexity index is 1640. The number of hydrogen-bond donors (Lipinski definition) is 0. The highest BCUT2D eigenvalue weighted by Gasteiger charge is 2.19. The molecule has 37 heavy (non-hydrogen) atoms. The number of nitrogens with zero attached hydrogens (tertiary/aromatic N) is 1. The molecule has 0 saturated carbocycles. The first-order valence-electron chi connectivity index (χ1n) is 11.3. The van der Waals surface area contributed by atoms with Gasteiger partial charge < -0.3 is 28.8 Å². The van der Waals surface area contributed by atoms with Crippen LogP contribution in [0.15, 0.2) is 73.1 Å². The quantitative estimate of drug-likeness (QED) is 0.252.